The Balaban J connectivity index is 1.80. The Bertz CT molecular complexity index is 876. The van der Waals surface area contributed by atoms with Gasteiger partial charge in [0.25, 0.3) is 11.4 Å². The highest BCUT2D eigenvalue weighted by Gasteiger charge is 2.26. The van der Waals surface area contributed by atoms with Gasteiger partial charge in [-0.1, -0.05) is 18.2 Å². The van der Waals surface area contributed by atoms with Crippen molar-refractivity contribution in [3.05, 3.63) is 78.9 Å². The lowest BCUT2D eigenvalue weighted by Gasteiger charge is -2.25. The molecule has 0 unspecified atom stereocenters. The number of nitrogens with zero attached hydrogens (tertiary/aromatic N) is 2. The lowest BCUT2D eigenvalue weighted by Crippen LogP contribution is -2.26. The Hall–Kier alpha value is -3.29. The second-order valence-corrected chi connectivity index (χ2v) is 6.24. The Labute approximate surface area is 148 Å². The molecule has 0 radical (unpaired) electrons. The minimum Gasteiger partial charge on any atom is -0.458 e. The van der Waals surface area contributed by atoms with E-state index >= 15 is 0 Å². The molecule has 1 aliphatic rings. The van der Waals surface area contributed by atoms with Crippen molar-refractivity contribution in [3.8, 4) is 0 Å². The third kappa shape index (κ3) is 3.53. The van der Waals surface area contributed by atoms with E-state index < -0.39 is 27.2 Å². The molecule has 0 fully saturated rings. The highest BCUT2D eigenvalue weighted by atomic mass is 16.6. The zero-order chi connectivity index (χ0) is 18.8. The molecule has 3 rings (SSSR count). The topological polar surface area (TPSA) is 113 Å². The maximum absolute atomic E-state index is 12.4. The third-order valence-electron chi connectivity index (χ3n) is 4.50. The first-order valence-corrected chi connectivity index (χ1v) is 8.07. The first-order valence-electron chi connectivity index (χ1n) is 8.07. The smallest absolute Gasteiger partial charge is 0.338 e. The average molecular weight is 356 g/mol. The largest absolute Gasteiger partial charge is 0.458 e. The van der Waals surface area contributed by atoms with Crippen molar-refractivity contribution in [3.63, 3.8) is 0 Å². The molecule has 0 saturated carbocycles. The molecule has 8 heteroatoms. The Kier molecular flexibility index (Phi) is 4.66. The van der Waals surface area contributed by atoms with Gasteiger partial charge in [0, 0.05) is 18.6 Å². The summed E-state index contributed by atoms with van der Waals surface area (Å²) in [5.74, 6) is -0.794. The van der Waals surface area contributed by atoms with Crippen LogP contribution in [0, 0.1) is 27.2 Å². The molecule has 8 nitrogen and oxygen atoms in total. The summed E-state index contributed by atoms with van der Waals surface area (Å²) >= 11 is 0. The molecule has 0 spiro atoms. The minimum absolute atomic E-state index is 0.194. The highest BCUT2D eigenvalue weighted by molar-refractivity contribution is 5.91. The molecule has 0 N–H and O–H groups in total. The van der Waals surface area contributed by atoms with Gasteiger partial charge in [-0.3, -0.25) is 20.2 Å². The number of rotatable bonds is 4. The normalized spacial score (nSPS) is 15.8. The Morgan fingerprint density at radius 3 is 2.38 bits per heavy atom. The zero-order valence-corrected chi connectivity index (χ0v) is 14.0. The van der Waals surface area contributed by atoms with Crippen molar-refractivity contribution in [2.45, 2.75) is 32.3 Å². The summed E-state index contributed by atoms with van der Waals surface area (Å²) in [7, 11) is 0. The van der Waals surface area contributed by atoms with Crippen LogP contribution in [-0.2, 0) is 17.6 Å². The van der Waals surface area contributed by atoms with Crippen LogP contribution in [0.15, 0.2) is 36.4 Å². The molecule has 26 heavy (non-hydrogen) atoms. The van der Waals surface area contributed by atoms with E-state index in [1.165, 1.54) is 11.1 Å². The number of hydrogen-bond acceptors (Lipinski definition) is 6. The lowest BCUT2D eigenvalue weighted by atomic mass is 9.87. The van der Waals surface area contributed by atoms with Crippen molar-refractivity contribution in [2.24, 2.45) is 0 Å². The number of non-ortho nitro benzene ring substituents is 2. The quantitative estimate of drug-likeness (QED) is 0.470. The number of aryl methyl sites for hydroxylation is 1. The summed E-state index contributed by atoms with van der Waals surface area (Å²) in [5.41, 5.74) is 2.33. The van der Waals surface area contributed by atoms with Crippen LogP contribution in [0.25, 0.3) is 0 Å². The summed E-state index contributed by atoms with van der Waals surface area (Å²) in [6, 6.07) is 8.78. The van der Waals surface area contributed by atoms with Gasteiger partial charge < -0.3 is 4.74 Å². The maximum atomic E-state index is 12.4. The van der Waals surface area contributed by atoms with Gasteiger partial charge in [-0.25, -0.2) is 4.79 Å². The fraction of sp³-hybridized carbons (Fsp3) is 0.278. The zero-order valence-electron chi connectivity index (χ0n) is 14.0. The van der Waals surface area contributed by atoms with E-state index in [2.05, 4.69) is 0 Å². The van der Waals surface area contributed by atoms with E-state index in [0.717, 1.165) is 30.2 Å². The van der Waals surface area contributed by atoms with Crippen LogP contribution < -0.4 is 0 Å². The number of benzene rings is 2. The fourth-order valence-electron chi connectivity index (χ4n) is 3.21. The molecule has 1 aliphatic carbocycles. The number of carbonyl (C=O) groups is 1. The van der Waals surface area contributed by atoms with Crippen molar-refractivity contribution in [2.75, 3.05) is 0 Å². The molecule has 0 amide bonds. The monoisotopic (exact) mass is 356 g/mol. The van der Waals surface area contributed by atoms with Gasteiger partial charge in [-0.05, 0) is 36.5 Å². The Morgan fingerprint density at radius 2 is 1.77 bits per heavy atom. The molecule has 0 bridgehead atoms. The van der Waals surface area contributed by atoms with Crippen molar-refractivity contribution in [1.29, 1.82) is 0 Å². The van der Waals surface area contributed by atoms with Gasteiger partial charge in [0.05, 0.1) is 21.5 Å². The van der Waals surface area contributed by atoms with E-state index in [1.54, 1.807) is 0 Å². The van der Waals surface area contributed by atoms with Gasteiger partial charge in [0.2, 0.25) is 0 Å². The summed E-state index contributed by atoms with van der Waals surface area (Å²) < 4.78 is 5.46. The fourth-order valence-corrected chi connectivity index (χ4v) is 3.21. The molecule has 2 aromatic carbocycles. The van der Waals surface area contributed by atoms with Crippen molar-refractivity contribution >= 4 is 17.3 Å². The van der Waals surface area contributed by atoms with E-state index in [4.69, 9.17) is 4.74 Å². The van der Waals surface area contributed by atoms with Gasteiger partial charge in [0.1, 0.15) is 6.10 Å². The van der Waals surface area contributed by atoms with Gasteiger partial charge in [-0.2, -0.15) is 0 Å². The van der Waals surface area contributed by atoms with Crippen LogP contribution >= 0.6 is 0 Å². The number of ether oxygens (including phenoxy) is 1. The van der Waals surface area contributed by atoms with E-state index in [1.807, 2.05) is 25.1 Å². The summed E-state index contributed by atoms with van der Waals surface area (Å²) in [5, 5.41) is 21.9. The highest BCUT2D eigenvalue weighted by Crippen LogP contribution is 2.28. The molecular formula is C18H16N2O6. The molecule has 0 aromatic heterocycles. The molecule has 0 heterocycles. The first kappa shape index (κ1) is 17.5. The second-order valence-electron chi connectivity index (χ2n) is 6.24. The molecule has 0 aliphatic heterocycles. The van der Waals surface area contributed by atoms with Crippen LogP contribution in [0.4, 0.5) is 11.4 Å². The number of fused-ring (bicyclic) bond motifs is 1. The number of hydrogen-bond donors (Lipinski definition) is 0. The number of nitro benzene ring substituents is 2. The maximum Gasteiger partial charge on any atom is 0.338 e. The Morgan fingerprint density at radius 1 is 1.12 bits per heavy atom. The second kappa shape index (κ2) is 6.91. The first-order chi connectivity index (χ1) is 12.3. The summed E-state index contributed by atoms with van der Waals surface area (Å²) in [6.07, 6.45) is 1.60. The van der Waals surface area contributed by atoms with Gasteiger partial charge in [-0.15, -0.1) is 0 Å². The van der Waals surface area contributed by atoms with Gasteiger partial charge >= 0.3 is 5.97 Å². The van der Waals surface area contributed by atoms with E-state index in [-0.39, 0.29) is 11.7 Å². The third-order valence-corrected chi connectivity index (χ3v) is 4.50. The van der Waals surface area contributed by atoms with Crippen molar-refractivity contribution < 1.29 is 19.4 Å². The predicted molar refractivity (Wildman–Crippen MR) is 92.2 cm³/mol. The van der Waals surface area contributed by atoms with Crippen LogP contribution in [0.5, 0.6) is 0 Å². The van der Waals surface area contributed by atoms with Crippen LogP contribution in [0.2, 0.25) is 0 Å². The molecule has 134 valence electrons. The SMILES string of the molecule is Cc1cccc2c1CC[C@@H](OC(=O)c1cc([N+](=O)[O-])cc([N+](=O)[O-])c1)C2. The van der Waals surface area contributed by atoms with E-state index in [0.29, 0.717) is 12.8 Å². The molecular weight excluding hydrogens is 340 g/mol. The van der Waals surface area contributed by atoms with Crippen LogP contribution in [0.3, 0.4) is 0 Å². The lowest BCUT2D eigenvalue weighted by molar-refractivity contribution is -0.394. The minimum atomic E-state index is -0.794. The predicted octanol–water partition coefficient (Wildman–Crippen LogP) is 3.53. The van der Waals surface area contributed by atoms with Crippen LogP contribution in [-0.4, -0.2) is 21.9 Å². The number of nitro groups is 2. The molecule has 1 atom stereocenters. The average Bonchev–Trinajstić information content (AvgIpc) is 2.61. The van der Waals surface area contributed by atoms with Crippen LogP contribution in [0.1, 0.15) is 33.5 Å². The summed E-state index contributed by atoms with van der Waals surface area (Å²) in [6.45, 7) is 2.04. The molecule has 0 saturated heterocycles. The van der Waals surface area contributed by atoms with Gasteiger partial charge in [0.15, 0.2) is 0 Å². The number of carbonyl (C=O) groups excluding carboxylic acids is 1. The molecule has 2 aromatic rings. The van der Waals surface area contributed by atoms with E-state index in [9.17, 15) is 25.0 Å². The number of esters is 1. The standard InChI is InChI=1S/C18H16N2O6/c1-11-3-2-4-12-9-16(5-6-17(11)12)26-18(21)13-7-14(19(22)23)10-15(8-13)20(24)25/h2-4,7-8,10,16H,5-6,9H2,1H3/t16-/m1/s1. The summed E-state index contributed by atoms with van der Waals surface area (Å²) in [4.78, 5) is 32.7. The van der Waals surface area contributed by atoms with Crippen molar-refractivity contribution in [1.82, 2.24) is 0 Å².